The number of hydrogen-bond acceptors (Lipinski definition) is 3. The van der Waals surface area contributed by atoms with Gasteiger partial charge in [0.1, 0.15) is 6.04 Å². The van der Waals surface area contributed by atoms with Crippen LogP contribution in [0, 0.1) is 11.3 Å². The maximum absolute atomic E-state index is 11.8. The molecule has 0 bridgehead atoms. The molecule has 1 unspecified atom stereocenters. The Hall–Kier alpha value is -1.54. The molecule has 0 aliphatic carbocycles. The third-order valence-corrected chi connectivity index (χ3v) is 3.52. The Morgan fingerprint density at radius 1 is 1.56 bits per heavy atom. The summed E-state index contributed by atoms with van der Waals surface area (Å²) in [5.74, 6) is 0.0576. The zero-order valence-corrected chi connectivity index (χ0v) is 11.7. The molecule has 1 aromatic carbocycles. The smallest absolute Gasteiger partial charge is 0.242 e. The number of amides is 1. The average molecular weight is 308 g/mol. The summed E-state index contributed by atoms with van der Waals surface area (Å²) in [6.45, 7) is 3.40. The minimum atomic E-state index is -0.153. The number of hydrogen-bond donors (Lipinski definition) is 1. The highest BCUT2D eigenvalue weighted by molar-refractivity contribution is 9.10. The fourth-order valence-electron chi connectivity index (χ4n) is 2.23. The van der Waals surface area contributed by atoms with Crippen molar-refractivity contribution in [1.29, 1.82) is 5.26 Å². The van der Waals surface area contributed by atoms with Gasteiger partial charge in [-0.15, -0.1) is 0 Å². The van der Waals surface area contributed by atoms with Crippen molar-refractivity contribution in [2.45, 2.75) is 19.4 Å². The Morgan fingerprint density at radius 2 is 2.33 bits per heavy atom. The maximum atomic E-state index is 11.8. The number of carbonyl (C=O) groups excluding carboxylic acids is 1. The zero-order valence-electron chi connectivity index (χ0n) is 10.1. The van der Waals surface area contributed by atoms with Gasteiger partial charge in [-0.2, -0.15) is 5.26 Å². The first-order valence-electron chi connectivity index (χ1n) is 5.90. The number of benzene rings is 1. The predicted octanol–water partition coefficient (Wildman–Crippen LogP) is 2.04. The van der Waals surface area contributed by atoms with E-state index in [9.17, 15) is 4.79 Å². The van der Waals surface area contributed by atoms with Crippen LogP contribution in [0.2, 0.25) is 0 Å². The topological polar surface area (TPSA) is 56.1 Å². The summed E-state index contributed by atoms with van der Waals surface area (Å²) < 4.78 is 0.859. The lowest BCUT2D eigenvalue weighted by Gasteiger charge is -2.36. The molecule has 1 N–H and O–H groups in total. The highest BCUT2D eigenvalue weighted by Crippen LogP contribution is 2.26. The third-order valence-electron chi connectivity index (χ3n) is 3.06. The van der Waals surface area contributed by atoms with Crippen molar-refractivity contribution in [2.24, 2.45) is 0 Å². The van der Waals surface area contributed by atoms with Gasteiger partial charge >= 0.3 is 0 Å². The lowest BCUT2D eigenvalue weighted by molar-refractivity contribution is -0.123. The lowest BCUT2D eigenvalue weighted by atomic mass is 10.1. The monoisotopic (exact) mass is 307 g/mol. The van der Waals surface area contributed by atoms with E-state index in [0.717, 1.165) is 23.1 Å². The van der Waals surface area contributed by atoms with Crippen LogP contribution in [0.3, 0.4) is 0 Å². The average Bonchev–Trinajstić information content (AvgIpc) is 2.37. The van der Waals surface area contributed by atoms with Gasteiger partial charge in [0.15, 0.2) is 0 Å². The number of nitrogens with zero attached hydrogens (tertiary/aromatic N) is 2. The quantitative estimate of drug-likeness (QED) is 0.909. The molecule has 1 aliphatic rings. The van der Waals surface area contributed by atoms with E-state index >= 15 is 0 Å². The normalized spacial score (nSPS) is 19.3. The Labute approximate surface area is 115 Å². The van der Waals surface area contributed by atoms with Crippen LogP contribution in [-0.4, -0.2) is 25.0 Å². The molecule has 1 aliphatic heterocycles. The predicted molar refractivity (Wildman–Crippen MR) is 73.3 cm³/mol. The van der Waals surface area contributed by atoms with Crippen LogP contribution in [0.1, 0.15) is 18.9 Å². The Kier molecular flexibility index (Phi) is 3.87. The second-order valence-corrected chi connectivity index (χ2v) is 5.13. The molecule has 1 heterocycles. The molecule has 4 nitrogen and oxygen atoms in total. The molecule has 94 valence electrons. The van der Waals surface area contributed by atoms with Gasteiger partial charge in [0, 0.05) is 23.2 Å². The SMILES string of the molecule is CCC1C(=O)NCCN1c1cc(Br)cc(C#N)c1. The van der Waals surface area contributed by atoms with Crippen LogP contribution in [0.4, 0.5) is 5.69 Å². The molecule has 0 aromatic heterocycles. The third kappa shape index (κ3) is 2.49. The lowest BCUT2D eigenvalue weighted by Crippen LogP contribution is -2.55. The molecular weight excluding hydrogens is 294 g/mol. The number of halogens is 1. The fraction of sp³-hybridized carbons (Fsp3) is 0.385. The van der Waals surface area contributed by atoms with Crippen molar-refractivity contribution in [3.8, 4) is 6.07 Å². The zero-order chi connectivity index (χ0) is 13.1. The van der Waals surface area contributed by atoms with E-state index in [0.29, 0.717) is 12.1 Å². The first-order valence-corrected chi connectivity index (χ1v) is 6.70. The maximum Gasteiger partial charge on any atom is 0.242 e. The molecule has 1 aromatic rings. The highest BCUT2D eigenvalue weighted by Gasteiger charge is 2.28. The summed E-state index contributed by atoms with van der Waals surface area (Å²) in [5.41, 5.74) is 1.52. The molecule has 1 fully saturated rings. The molecule has 5 heteroatoms. The van der Waals surface area contributed by atoms with Crippen LogP contribution in [0.5, 0.6) is 0 Å². The fourth-order valence-corrected chi connectivity index (χ4v) is 2.72. The molecule has 1 saturated heterocycles. The molecule has 0 spiro atoms. The molecule has 0 radical (unpaired) electrons. The van der Waals surface area contributed by atoms with E-state index in [4.69, 9.17) is 5.26 Å². The van der Waals surface area contributed by atoms with Gasteiger partial charge in [0.05, 0.1) is 11.6 Å². The number of nitrogens with one attached hydrogen (secondary N) is 1. The second kappa shape index (κ2) is 5.40. The van der Waals surface area contributed by atoms with E-state index in [1.807, 2.05) is 19.1 Å². The summed E-state index contributed by atoms with van der Waals surface area (Å²) in [6, 6.07) is 7.53. The van der Waals surface area contributed by atoms with E-state index in [1.165, 1.54) is 0 Å². The van der Waals surface area contributed by atoms with Gasteiger partial charge in [0.2, 0.25) is 5.91 Å². The number of carbonyl (C=O) groups is 1. The van der Waals surface area contributed by atoms with Crippen molar-refractivity contribution in [3.05, 3.63) is 28.2 Å². The van der Waals surface area contributed by atoms with Gasteiger partial charge in [-0.05, 0) is 24.6 Å². The Balaban J connectivity index is 2.37. The number of nitriles is 1. The first-order chi connectivity index (χ1) is 8.65. The molecular formula is C13H14BrN3O. The summed E-state index contributed by atoms with van der Waals surface area (Å²) in [6.07, 6.45) is 0.750. The summed E-state index contributed by atoms with van der Waals surface area (Å²) >= 11 is 3.40. The van der Waals surface area contributed by atoms with Crippen LogP contribution >= 0.6 is 15.9 Å². The number of rotatable bonds is 2. The number of piperazine rings is 1. The summed E-state index contributed by atoms with van der Waals surface area (Å²) in [4.78, 5) is 13.9. The molecule has 0 saturated carbocycles. The standard InChI is InChI=1S/C13H14BrN3O/c1-2-12-13(18)16-3-4-17(12)11-6-9(8-15)5-10(14)7-11/h5-7,12H,2-4H2,1H3,(H,16,18). The van der Waals surface area contributed by atoms with Crippen LogP contribution in [0.25, 0.3) is 0 Å². The van der Waals surface area contributed by atoms with E-state index in [-0.39, 0.29) is 11.9 Å². The Morgan fingerprint density at radius 3 is 3.00 bits per heavy atom. The molecule has 2 rings (SSSR count). The van der Waals surface area contributed by atoms with Crippen LogP contribution in [-0.2, 0) is 4.79 Å². The van der Waals surface area contributed by atoms with Gasteiger partial charge in [-0.25, -0.2) is 0 Å². The summed E-state index contributed by atoms with van der Waals surface area (Å²) in [5, 5.41) is 11.9. The van der Waals surface area contributed by atoms with E-state index < -0.39 is 0 Å². The minimum Gasteiger partial charge on any atom is -0.358 e. The molecule has 1 atom stereocenters. The first kappa shape index (κ1) is 12.9. The van der Waals surface area contributed by atoms with Crippen molar-refractivity contribution in [3.63, 3.8) is 0 Å². The van der Waals surface area contributed by atoms with Crippen LogP contribution < -0.4 is 10.2 Å². The number of anilines is 1. The van der Waals surface area contributed by atoms with Gasteiger partial charge < -0.3 is 10.2 Å². The van der Waals surface area contributed by atoms with Gasteiger partial charge in [-0.1, -0.05) is 22.9 Å². The van der Waals surface area contributed by atoms with Crippen molar-refractivity contribution < 1.29 is 4.79 Å². The minimum absolute atomic E-state index is 0.0576. The molecule has 18 heavy (non-hydrogen) atoms. The van der Waals surface area contributed by atoms with Gasteiger partial charge in [0.25, 0.3) is 0 Å². The Bertz CT molecular complexity index is 509. The van der Waals surface area contributed by atoms with E-state index in [2.05, 4.69) is 32.2 Å². The molecule has 1 amide bonds. The highest BCUT2D eigenvalue weighted by atomic mass is 79.9. The van der Waals surface area contributed by atoms with Crippen molar-refractivity contribution in [1.82, 2.24) is 5.32 Å². The largest absolute Gasteiger partial charge is 0.358 e. The van der Waals surface area contributed by atoms with Crippen molar-refractivity contribution in [2.75, 3.05) is 18.0 Å². The second-order valence-electron chi connectivity index (χ2n) is 4.22. The van der Waals surface area contributed by atoms with Crippen LogP contribution in [0.15, 0.2) is 22.7 Å². The van der Waals surface area contributed by atoms with Crippen molar-refractivity contribution >= 4 is 27.5 Å². The van der Waals surface area contributed by atoms with Gasteiger partial charge in [-0.3, -0.25) is 4.79 Å². The summed E-state index contributed by atoms with van der Waals surface area (Å²) in [7, 11) is 0. The van der Waals surface area contributed by atoms with E-state index in [1.54, 1.807) is 6.07 Å².